The lowest BCUT2D eigenvalue weighted by molar-refractivity contribution is -0.0287. The van der Waals surface area contributed by atoms with Crippen molar-refractivity contribution in [3.8, 4) is 0 Å². The van der Waals surface area contributed by atoms with E-state index in [0.717, 1.165) is 43.7 Å². The number of hydrogen-bond donors (Lipinski definition) is 3. The lowest BCUT2D eigenvalue weighted by Gasteiger charge is -2.36. The van der Waals surface area contributed by atoms with Gasteiger partial charge >= 0.3 is 6.03 Å². The van der Waals surface area contributed by atoms with E-state index in [1.165, 1.54) is 12.8 Å². The first-order valence-electron chi connectivity index (χ1n) is 7.78. The molecule has 1 aliphatic heterocycles. The molecule has 3 rings (SSSR count). The first-order valence-corrected chi connectivity index (χ1v) is 7.78. The Morgan fingerprint density at radius 2 is 1.90 bits per heavy atom. The molecule has 0 bridgehead atoms. The van der Waals surface area contributed by atoms with Crippen LogP contribution in [0.25, 0.3) is 0 Å². The molecule has 3 N–H and O–H groups in total. The predicted octanol–water partition coefficient (Wildman–Crippen LogP) is 2.32. The van der Waals surface area contributed by atoms with Crippen LogP contribution in [0.15, 0.2) is 24.3 Å². The molecule has 1 saturated heterocycles. The van der Waals surface area contributed by atoms with Gasteiger partial charge in [0.1, 0.15) is 0 Å². The summed E-state index contributed by atoms with van der Waals surface area (Å²) in [5.74, 6) is 0. The fraction of sp³-hybridized carbons (Fsp3) is 0.562. The molecule has 1 heterocycles. The highest BCUT2D eigenvalue weighted by Gasteiger charge is 2.34. The van der Waals surface area contributed by atoms with Crippen molar-refractivity contribution in [1.29, 1.82) is 0 Å². The number of anilines is 2. The number of para-hydroxylation sites is 2. The van der Waals surface area contributed by atoms with Crippen molar-refractivity contribution in [3.63, 3.8) is 0 Å². The number of carbonyl (C=O) groups excluding carboxylic acids is 1. The second-order valence-corrected chi connectivity index (χ2v) is 6.10. The third-order valence-electron chi connectivity index (χ3n) is 4.46. The largest absolute Gasteiger partial charge is 0.388 e. The van der Waals surface area contributed by atoms with Gasteiger partial charge in [0, 0.05) is 19.6 Å². The Morgan fingerprint density at radius 1 is 1.19 bits per heavy atom. The second-order valence-electron chi connectivity index (χ2n) is 6.10. The van der Waals surface area contributed by atoms with Crippen LogP contribution in [0.2, 0.25) is 0 Å². The third-order valence-corrected chi connectivity index (χ3v) is 4.46. The summed E-state index contributed by atoms with van der Waals surface area (Å²) in [6.07, 6.45) is 4.99. The zero-order valence-corrected chi connectivity index (χ0v) is 12.3. The van der Waals surface area contributed by atoms with E-state index in [1.807, 2.05) is 24.3 Å². The molecule has 5 heteroatoms. The van der Waals surface area contributed by atoms with Gasteiger partial charge in [-0.3, -0.25) is 0 Å². The average Bonchev–Trinajstić information content (AvgIpc) is 2.98. The number of aliphatic hydroxyl groups is 1. The molecule has 2 fully saturated rings. The van der Waals surface area contributed by atoms with E-state index in [9.17, 15) is 9.90 Å². The molecule has 2 amide bonds. The predicted molar refractivity (Wildman–Crippen MR) is 83.7 cm³/mol. The van der Waals surface area contributed by atoms with Crippen LogP contribution in [-0.4, -0.2) is 36.4 Å². The number of carbonyl (C=O) groups is 1. The van der Waals surface area contributed by atoms with Gasteiger partial charge in [-0.05, 0) is 44.2 Å². The summed E-state index contributed by atoms with van der Waals surface area (Å²) in [6, 6.07) is 7.63. The van der Waals surface area contributed by atoms with Gasteiger partial charge in [-0.15, -0.1) is 0 Å². The first kappa shape index (κ1) is 14.2. The zero-order valence-electron chi connectivity index (χ0n) is 12.3. The van der Waals surface area contributed by atoms with Crippen LogP contribution in [0.1, 0.15) is 32.1 Å². The van der Waals surface area contributed by atoms with Crippen molar-refractivity contribution in [1.82, 2.24) is 5.32 Å². The van der Waals surface area contributed by atoms with Gasteiger partial charge in [0.25, 0.3) is 0 Å². The van der Waals surface area contributed by atoms with Crippen molar-refractivity contribution in [2.24, 2.45) is 0 Å². The molecule has 114 valence electrons. The number of nitrogens with zero attached hydrogens (tertiary/aromatic N) is 1. The van der Waals surface area contributed by atoms with E-state index >= 15 is 0 Å². The van der Waals surface area contributed by atoms with E-state index in [-0.39, 0.29) is 6.03 Å². The zero-order chi connectivity index (χ0) is 14.7. The van der Waals surface area contributed by atoms with Gasteiger partial charge < -0.3 is 20.6 Å². The molecule has 2 aliphatic rings. The number of amides is 2. The van der Waals surface area contributed by atoms with Crippen LogP contribution < -0.4 is 15.5 Å². The fourth-order valence-electron chi connectivity index (χ4n) is 2.99. The Hall–Kier alpha value is -1.75. The smallest absolute Gasteiger partial charge is 0.319 e. The van der Waals surface area contributed by atoms with Gasteiger partial charge in [-0.25, -0.2) is 4.79 Å². The minimum Gasteiger partial charge on any atom is -0.388 e. The molecule has 1 aromatic carbocycles. The fourth-order valence-corrected chi connectivity index (χ4v) is 2.99. The van der Waals surface area contributed by atoms with Gasteiger partial charge in [0.2, 0.25) is 0 Å². The van der Waals surface area contributed by atoms with Crippen LogP contribution in [-0.2, 0) is 0 Å². The second kappa shape index (κ2) is 5.93. The number of hydrogen-bond acceptors (Lipinski definition) is 3. The normalized spacial score (nSPS) is 20.0. The average molecular weight is 289 g/mol. The number of nitrogens with one attached hydrogen (secondary N) is 2. The maximum absolute atomic E-state index is 12.0. The number of benzene rings is 1. The van der Waals surface area contributed by atoms with Crippen LogP contribution >= 0.6 is 0 Å². The standard InChI is InChI=1S/C16H23N3O2/c20-15(17-12-16(21)8-5-9-16)18-13-6-1-2-7-14(13)19-10-3-4-11-19/h1-2,6-7,21H,3-5,8-12H2,(H2,17,18,20). The van der Waals surface area contributed by atoms with E-state index in [1.54, 1.807) is 0 Å². The SMILES string of the molecule is O=C(NCC1(O)CCC1)Nc1ccccc1N1CCCC1. The van der Waals surface area contributed by atoms with Gasteiger partial charge in [0.05, 0.1) is 17.0 Å². The molecule has 1 saturated carbocycles. The summed E-state index contributed by atoms with van der Waals surface area (Å²) in [7, 11) is 0. The minimum atomic E-state index is -0.689. The summed E-state index contributed by atoms with van der Waals surface area (Å²) in [4.78, 5) is 14.3. The lowest BCUT2D eigenvalue weighted by Crippen LogP contribution is -2.48. The van der Waals surface area contributed by atoms with Crippen LogP contribution in [0.4, 0.5) is 16.2 Å². The van der Waals surface area contributed by atoms with Crippen molar-refractivity contribution < 1.29 is 9.90 Å². The highest BCUT2D eigenvalue weighted by molar-refractivity contribution is 5.93. The summed E-state index contributed by atoms with van der Waals surface area (Å²) >= 11 is 0. The summed E-state index contributed by atoms with van der Waals surface area (Å²) in [5, 5.41) is 15.7. The molecule has 5 nitrogen and oxygen atoms in total. The summed E-state index contributed by atoms with van der Waals surface area (Å²) in [6.45, 7) is 2.41. The maximum atomic E-state index is 12.0. The lowest BCUT2D eigenvalue weighted by atomic mass is 9.80. The Balaban J connectivity index is 1.60. The maximum Gasteiger partial charge on any atom is 0.319 e. The summed E-state index contributed by atoms with van der Waals surface area (Å²) in [5.41, 5.74) is 1.22. The van der Waals surface area contributed by atoms with Crippen molar-refractivity contribution in [2.45, 2.75) is 37.7 Å². The molecule has 0 unspecified atom stereocenters. The van der Waals surface area contributed by atoms with Crippen LogP contribution in [0.5, 0.6) is 0 Å². The minimum absolute atomic E-state index is 0.248. The van der Waals surface area contributed by atoms with Crippen LogP contribution in [0.3, 0.4) is 0 Å². The molecule has 1 aliphatic carbocycles. The Kier molecular flexibility index (Phi) is 4.01. The third kappa shape index (κ3) is 3.29. The van der Waals surface area contributed by atoms with Crippen molar-refractivity contribution in [3.05, 3.63) is 24.3 Å². The van der Waals surface area contributed by atoms with Crippen molar-refractivity contribution in [2.75, 3.05) is 29.9 Å². The molecule has 0 spiro atoms. The van der Waals surface area contributed by atoms with Crippen molar-refractivity contribution >= 4 is 17.4 Å². The van der Waals surface area contributed by atoms with E-state index in [0.29, 0.717) is 6.54 Å². The number of urea groups is 1. The molecular weight excluding hydrogens is 266 g/mol. The first-order chi connectivity index (χ1) is 10.2. The molecule has 21 heavy (non-hydrogen) atoms. The Bertz CT molecular complexity index is 508. The van der Waals surface area contributed by atoms with Gasteiger partial charge in [-0.1, -0.05) is 12.1 Å². The monoisotopic (exact) mass is 289 g/mol. The van der Waals surface area contributed by atoms with E-state index in [2.05, 4.69) is 15.5 Å². The Morgan fingerprint density at radius 3 is 2.57 bits per heavy atom. The summed E-state index contributed by atoms with van der Waals surface area (Å²) < 4.78 is 0. The van der Waals surface area contributed by atoms with Gasteiger partial charge in [-0.2, -0.15) is 0 Å². The van der Waals surface area contributed by atoms with E-state index < -0.39 is 5.60 Å². The molecule has 0 aromatic heterocycles. The molecule has 0 radical (unpaired) electrons. The topological polar surface area (TPSA) is 64.6 Å². The molecule has 0 atom stereocenters. The highest BCUT2D eigenvalue weighted by atomic mass is 16.3. The molecular formula is C16H23N3O2. The highest BCUT2D eigenvalue weighted by Crippen LogP contribution is 2.31. The van der Waals surface area contributed by atoms with Crippen LogP contribution in [0, 0.1) is 0 Å². The van der Waals surface area contributed by atoms with E-state index in [4.69, 9.17) is 0 Å². The van der Waals surface area contributed by atoms with Gasteiger partial charge in [0.15, 0.2) is 0 Å². The molecule has 1 aromatic rings. The number of rotatable bonds is 4. The Labute approximate surface area is 125 Å². The quantitative estimate of drug-likeness (QED) is 0.797.